The van der Waals surface area contributed by atoms with Gasteiger partial charge < -0.3 is 4.74 Å². The summed E-state index contributed by atoms with van der Waals surface area (Å²) in [5.74, 6) is 0. The monoisotopic (exact) mass is 206 g/mol. The fourth-order valence-corrected chi connectivity index (χ4v) is 2.52. The van der Waals surface area contributed by atoms with Gasteiger partial charge >= 0.3 is 0 Å². The van der Waals surface area contributed by atoms with Crippen LogP contribution in [0.4, 0.5) is 0 Å². The van der Waals surface area contributed by atoms with E-state index in [1.54, 1.807) is 7.11 Å². The molecule has 0 atom stereocenters. The van der Waals surface area contributed by atoms with Gasteiger partial charge in [-0.1, -0.05) is 12.1 Å². The second-order valence-electron chi connectivity index (χ2n) is 3.35. The van der Waals surface area contributed by atoms with Crippen molar-refractivity contribution in [1.29, 1.82) is 0 Å². The average molecular weight is 206 g/mol. The second kappa shape index (κ2) is 4.58. The lowest BCUT2D eigenvalue weighted by Crippen LogP contribution is -1.92. The normalized spacial score (nSPS) is 10.9. The summed E-state index contributed by atoms with van der Waals surface area (Å²) in [6, 6.07) is 8.74. The van der Waals surface area contributed by atoms with Gasteiger partial charge in [-0.15, -0.1) is 11.3 Å². The number of fused-ring (bicyclic) bond motifs is 1. The number of ether oxygens (including phenoxy) is 1. The molecule has 0 aliphatic heterocycles. The SMILES string of the molecule is COCCCc1cccc2sccc12. The Bertz CT molecular complexity index is 405. The highest BCUT2D eigenvalue weighted by Crippen LogP contribution is 2.24. The number of thiophene rings is 1. The van der Waals surface area contributed by atoms with Crippen LogP contribution in [0.25, 0.3) is 10.1 Å². The van der Waals surface area contributed by atoms with Crippen LogP contribution in [0.3, 0.4) is 0 Å². The lowest BCUT2D eigenvalue weighted by molar-refractivity contribution is 0.195. The Labute approximate surface area is 88.3 Å². The maximum atomic E-state index is 5.06. The minimum Gasteiger partial charge on any atom is -0.385 e. The van der Waals surface area contributed by atoms with Gasteiger partial charge in [0.05, 0.1) is 0 Å². The lowest BCUT2D eigenvalue weighted by Gasteiger charge is -2.02. The maximum Gasteiger partial charge on any atom is 0.0465 e. The molecule has 14 heavy (non-hydrogen) atoms. The molecule has 1 nitrogen and oxygen atoms in total. The zero-order valence-electron chi connectivity index (χ0n) is 8.32. The van der Waals surface area contributed by atoms with E-state index < -0.39 is 0 Å². The molecular weight excluding hydrogens is 192 g/mol. The zero-order chi connectivity index (χ0) is 9.80. The van der Waals surface area contributed by atoms with Gasteiger partial charge in [-0.25, -0.2) is 0 Å². The number of rotatable bonds is 4. The van der Waals surface area contributed by atoms with Gasteiger partial charge in [0.25, 0.3) is 0 Å². The first-order valence-corrected chi connectivity index (χ1v) is 5.74. The van der Waals surface area contributed by atoms with Crippen LogP contribution in [0.15, 0.2) is 29.6 Å². The highest BCUT2D eigenvalue weighted by Gasteiger charge is 2.00. The highest BCUT2D eigenvalue weighted by molar-refractivity contribution is 7.17. The van der Waals surface area contributed by atoms with Crippen LogP contribution in [0.5, 0.6) is 0 Å². The third-order valence-electron chi connectivity index (χ3n) is 2.38. The summed E-state index contributed by atoms with van der Waals surface area (Å²) in [7, 11) is 1.76. The molecule has 0 saturated carbocycles. The summed E-state index contributed by atoms with van der Waals surface area (Å²) in [5, 5.41) is 3.57. The van der Waals surface area contributed by atoms with Crippen LogP contribution in [-0.2, 0) is 11.2 Å². The molecule has 0 aliphatic carbocycles. The molecule has 0 unspecified atom stereocenters. The summed E-state index contributed by atoms with van der Waals surface area (Å²) < 4.78 is 6.45. The number of benzene rings is 1. The Hall–Kier alpha value is -0.860. The van der Waals surface area contributed by atoms with E-state index in [0.717, 1.165) is 19.4 Å². The van der Waals surface area contributed by atoms with E-state index in [0.29, 0.717) is 0 Å². The highest BCUT2D eigenvalue weighted by atomic mass is 32.1. The van der Waals surface area contributed by atoms with Gasteiger partial charge in [0, 0.05) is 18.4 Å². The van der Waals surface area contributed by atoms with Crippen molar-refractivity contribution in [1.82, 2.24) is 0 Å². The van der Waals surface area contributed by atoms with Crippen molar-refractivity contribution in [2.45, 2.75) is 12.8 Å². The minimum atomic E-state index is 0.848. The van der Waals surface area contributed by atoms with Crippen LogP contribution < -0.4 is 0 Å². The van der Waals surface area contributed by atoms with Crippen LogP contribution in [0.1, 0.15) is 12.0 Å². The van der Waals surface area contributed by atoms with Crippen LogP contribution >= 0.6 is 11.3 Å². The Morgan fingerprint density at radius 3 is 3.07 bits per heavy atom. The fourth-order valence-electron chi connectivity index (χ4n) is 1.68. The Balaban J connectivity index is 2.19. The molecule has 0 N–H and O–H groups in total. The van der Waals surface area contributed by atoms with E-state index in [9.17, 15) is 0 Å². The summed E-state index contributed by atoms with van der Waals surface area (Å²) in [6.45, 7) is 0.848. The summed E-state index contributed by atoms with van der Waals surface area (Å²) in [5.41, 5.74) is 1.45. The smallest absolute Gasteiger partial charge is 0.0465 e. The van der Waals surface area contributed by atoms with Crippen molar-refractivity contribution in [3.63, 3.8) is 0 Å². The molecule has 0 spiro atoms. The second-order valence-corrected chi connectivity index (χ2v) is 4.29. The van der Waals surface area contributed by atoms with E-state index in [1.165, 1.54) is 15.6 Å². The van der Waals surface area contributed by atoms with E-state index >= 15 is 0 Å². The summed E-state index contributed by atoms with van der Waals surface area (Å²) >= 11 is 1.81. The molecule has 1 heterocycles. The third kappa shape index (κ3) is 1.97. The first-order valence-electron chi connectivity index (χ1n) is 4.86. The van der Waals surface area contributed by atoms with Gasteiger partial charge in [-0.05, 0) is 41.3 Å². The summed E-state index contributed by atoms with van der Waals surface area (Å²) in [4.78, 5) is 0. The van der Waals surface area contributed by atoms with Gasteiger partial charge in [0.1, 0.15) is 0 Å². The number of methoxy groups -OCH3 is 1. The number of aryl methyl sites for hydroxylation is 1. The minimum absolute atomic E-state index is 0.848. The predicted molar refractivity (Wildman–Crippen MR) is 62.0 cm³/mol. The Morgan fingerprint density at radius 1 is 1.29 bits per heavy atom. The van der Waals surface area contributed by atoms with Crippen LogP contribution in [-0.4, -0.2) is 13.7 Å². The molecule has 0 amide bonds. The molecule has 0 aliphatic rings. The number of hydrogen-bond acceptors (Lipinski definition) is 2. The van der Waals surface area contributed by atoms with Gasteiger partial charge in [-0.3, -0.25) is 0 Å². The molecule has 1 aromatic heterocycles. The molecule has 2 aromatic rings. The molecule has 0 saturated heterocycles. The standard InChI is InChI=1S/C12H14OS/c1-13-8-3-5-10-4-2-6-12-11(10)7-9-14-12/h2,4,6-7,9H,3,5,8H2,1H3. The van der Waals surface area contributed by atoms with E-state index in [-0.39, 0.29) is 0 Å². The van der Waals surface area contributed by atoms with Crippen molar-refractivity contribution in [3.05, 3.63) is 35.2 Å². The summed E-state index contributed by atoms with van der Waals surface area (Å²) in [6.07, 6.45) is 2.22. The molecular formula is C12H14OS. The van der Waals surface area contributed by atoms with E-state index in [1.807, 2.05) is 11.3 Å². The molecule has 2 rings (SSSR count). The quantitative estimate of drug-likeness (QED) is 0.696. The number of hydrogen-bond donors (Lipinski definition) is 0. The van der Waals surface area contributed by atoms with Crippen LogP contribution in [0.2, 0.25) is 0 Å². The predicted octanol–water partition coefficient (Wildman–Crippen LogP) is 3.48. The molecule has 0 radical (unpaired) electrons. The maximum absolute atomic E-state index is 5.06. The topological polar surface area (TPSA) is 9.23 Å². The van der Waals surface area contributed by atoms with E-state index in [4.69, 9.17) is 4.74 Å². The molecule has 0 fully saturated rings. The Morgan fingerprint density at radius 2 is 2.21 bits per heavy atom. The van der Waals surface area contributed by atoms with Gasteiger partial charge in [0.2, 0.25) is 0 Å². The average Bonchev–Trinajstić information content (AvgIpc) is 2.67. The third-order valence-corrected chi connectivity index (χ3v) is 3.26. The van der Waals surface area contributed by atoms with Crippen molar-refractivity contribution in [2.75, 3.05) is 13.7 Å². The largest absolute Gasteiger partial charge is 0.385 e. The molecule has 74 valence electrons. The molecule has 1 aromatic carbocycles. The fraction of sp³-hybridized carbons (Fsp3) is 0.333. The molecule has 2 heteroatoms. The first-order chi connectivity index (χ1) is 6.92. The van der Waals surface area contributed by atoms with Crippen LogP contribution in [0, 0.1) is 0 Å². The molecule has 0 bridgehead atoms. The Kier molecular flexibility index (Phi) is 3.17. The van der Waals surface area contributed by atoms with Gasteiger partial charge in [-0.2, -0.15) is 0 Å². The van der Waals surface area contributed by atoms with Crippen molar-refractivity contribution in [2.24, 2.45) is 0 Å². The van der Waals surface area contributed by atoms with Gasteiger partial charge in [0.15, 0.2) is 0 Å². The first kappa shape index (κ1) is 9.69. The van der Waals surface area contributed by atoms with E-state index in [2.05, 4.69) is 29.6 Å². The zero-order valence-corrected chi connectivity index (χ0v) is 9.14. The van der Waals surface area contributed by atoms with Crippen molar-refractivity contribution >= 4 is 21.4 Å². The lowest BCUT2D eigenvalue weighted by atomic mass is 10.1. The van der Waals surface area contributed by atoms with Crippen molar-refractivity contribution < 1.29 is 4.74 Å². The van der Waals surface area contributed by atoms with Crippen molar-refractivity contribution in [3.8, 4) is 0 Å².